The summed E-state index contributed by atoms with van der Waals surface area (Å²) in [5.41, 5.74) is 0. The quantitative estimate of drug-likeness (QED) is 0.259. The minimum atomic E-state index is -0.378. The number of allylic oxidation sites excluding steroid dienone is 1. The molecule has 4 heteroatoms. The van der Waals surface area contributed by atoms with Gasteiger partial charge in [0.2, 0.25) is 0 Å². The molecule has 0 unspecified atom stereocenters. The van der Waals surface area contributed by atoms with Crippen LogP contribution in [0.15, 0.2) is 24.2 Å². The molecule has 0 N–H and O–H groups in total. The average Bonchev–Trinajstić information content (AvgIpc) is 2.37. The van der Waals surface area contributed by atoms with Gasteiger partial charge in [-0.15, -0.1) is 0 Å². The first-order valence-corrected chi connectivity index (χ1v) is 3.03. The molecule has 1 heterocycles. The predicted octanol–water partition coefficient (Wildman–Crippen LogP) is 0.561. The van der Waals surface area contributed by atoms with Gasteiger partial charge < -0.3 is 14.2 Å². The number of carbonyl (C=O) groups excluding carboxylic acids is 1. The molecule has 0 aliphatic carbocycles. The Balaban J connectivity index is 2.32. The monoisotopic (exact) mass is 156 g/mol. The molecule has 4 nitrogen and oxygen atoms in total. The normalized spacial score (nSPS) is 19.0. The van der Waals surface area contributed by atoms with E-state index in [2.05, 4.69) is 9.47 Å². The maximum atomic E-state index is 10.4. The maximum Gasteiger partial charge on any atom is 0.336 e. The lowest BCUT2D eigenvalue weighted by Crippen LogP contribution is -1.93. The Bertz CT molecular complexity index is 204. The third kappa shape index (κ3) is 2.43. The van der Waals surface area contributed by atoms with Crippen molar-refractivity contribution in [2.75, 3.05) is 13.9 Å². The van der Waals surface area contributed by atoms with Crippen molar-refractivity contribution in [3.05, 3.63) is 24.2 Å². The van der Waals surface area contributed by atoms with E-state index in [1.165, 1.54) is 25.5 Å². The second-order valence-electron chi connectivity index (χ2n) is 1.85. The van der Waals surface area contributed by atoms with Crippen molar-refractivity contribution >= 4 is 5.97 Å². The Labute approximate surface area is 64.0 Å². The maximum absolute atomic E-state index is 10.4. The van der Waals surface area contributed by atoms with Gasteiger partial charge in [0.25, 0.3) is 0 Å². The lowest BCUT2D eigenvalue weighted by atomic mass is 10.5. The molecule has 1 aliphatic heterocycles. The van der Waals surface area contributed by atoms with Crippen molar-refractivity contribution in [3.63, 3.8) is 0 Å². The zero-order valence-corrected chi connectivity index (χ0v) is 6.07. The van der Waals surface area contributed by atoms with E-state index in [0.29, 0.717) is 5.76 Å². The summed E-state index contributed by atoms with van der Waals surface area (Å²) in [5, 5.41) is 0. The van der Waals surface area contributed by atoms with Crippen molar-refractivity contribution in [2.24, 2.45) is 0 Å². The molecule has 0 aromatic carbocycles. The lowest BCUT2D eigenvalue weighted by molar-refractivity contribution is -0.132. The standard InChI is InChI=1S/C7H8O4/c1-9-5-10-4-6-2-3-7(8)11-6/h2-4H,5H2,1H3/b6-4+. The van der Waals surface area contributed by atoms with Gasteiger partial charge in [-0.25, -0.2) is 4.79 Å². The van der Waals surface area contributed by atoms with Crippen LogP contribution in [-0.4, -0.2) is 19.9 Å². The highest BCUT2D eigenvalue weighted by Crippen LogP contribution is 2.08. The molecule has 0 bridgehead atoms. The Morgan fingerprint density at radius 1 is 1.64 bits per heavy atom. The van der Waals surface area contributed by atoms with Crippen molar-refractivity contribution in [2.45, 2.75) is 0 Å². The summed E-state index contributed by atoms with van der Waals surface area (Å²) in [5.74, 6) is 0.0179. The number of carbonyl (C=O) groups is 1. The first-order valence-electron chi connectivity index (χ1n) is 3.03. The van der Waals surface area contributed by atoms with Gasteiger partial charge in [0.1, 0.15) is 6.26 Å². The fourth-order valence-electron chi connectivity index (χ4n) is 0.582. The predicted molar refractivity (Wildman–Crippen MR) is 36.3 cm³/mol. The highest BCUT2D eigenvalue weighted by atomic mass is 16.7. The molecule has 0 atom stereocenters. The van der Waals surface area contributed by atoms with Crippen LogP contribution >= 0.6 is 0 Å². The molecule has 0 saturated heterocycles. The van der Waals surface area contributed by atoms with Crippen LogP contribution in [0, 0.1) is 0 Å². The van der Waals surface area contributed by atoms with Crippen molar-refractivity contribution in [1.82, 2.24) is 0 Å². The van der Waals surface area contributed by atoms with Gasteiger partial charge >= 0.3 is 5.97 Å². The van der Waals surface area contributed by atoms with Crippen molar-refractivity contribution < 1.29 is 19.0 Å². The van der Waals surface area contributed by atoms with Crippen LogP contribution in [0.1, 0.15) is 0 Å². The molecule has 11 heavy (non-hydrogen) atoms. The summed E-state index contributed by atoms with van der Waals surface area (Å²) < 4.78 is 14.0. The van der Waals surface area contributed by atoms with E-state index in [0.717, 1.165) is 0 Å². The van der Waals surface area contributed by atoms with Crippen LogP contribution in [0.4, 0.5) is 0 Å². The van der Waals surface area contributed by atoms with Crippen LogP contribution in [0.3, 0.4) is 0 Å². The Morgan fingerprint density at radius 2 is 2.45 bits per heavy atom. The minimum absolute atomic E-state index is 0.148. The first-order chi connectivity index (χ1) is 5.33. The molecular weight excluding hydrogens is 148 g/mol. The van der Waals surface area contributed by atoms with Gasteiger partial charge in [-0.3, -0.25) is 0 Å². The molecule has 1 rings (SSSR count). The van der Waals surface area contributed by atoms with E-state index in [1.54, 1.807) is 0 Å². The fourth-order valence-corrected chi connectivity index (χ4v) is 0.582. The number of cyclic esters (lactones) is 1. The van der Waals surface area contributed by atoms with Gasteiger partial charge in [-0.2, -0.15) is 0 Å². The van der Waals surface area contributed by atoms with Crippen molar-refractivity contribution in [3.8, 4) is 0 Å². The van der Waals surface area contributed by atoms with Crippen LogP contribution in [0.2, 0.25) is 0 Å². The van der Waals surface area contributed by atoms with Gasteiger partial charge in [-0.1, -0.05) is 0 Å². The van der Waals surface area contributed by atoms with E-state index < -0.39 is 0 Å². The van der Waals surface area contributed by atoms with E-state index in [4.69, 9.17) is 4.74 Å². The number of methoxy groups -OCH3 is 1. The van der Waals surface area contributed by atoms with Gasteiger partial charge in [-0.05, 0) is 6.08 Å². The highest BCUT2D eigenvalue weighted by molar-refractivity contribution is 5.86. The summed E-state index contributed by atoms with van der Waals surface area (Å²) in [7, 11) is 1.51. The van der Waals surface area contributed by atoms with E-state index in [1.807, 2.05) is 0 Å². The minimum Gasteiger partial charge on any atom is -0.471 e. The zero-order chi connectivity index (χ0) is 8.10. The van der Waals surface area contributed by atoms with E-state index in [9.17, 15) is 4.79 Å². The number of ether oxygens (including phenoxy) is 3. The Morgan fingerprint density at radius 3 is 3.00 bits per heavy atom. The van der Waals surface area contributed by atoms with Gasteiger partial charge in [0.05, 0.1) is 0 Å². The third-order valence-corrected chi connectivity index (χ3v) is 0.988. The highest BCUT2D eigenvalue weighted by Gasteiger charge is 2.08. The SMILES string of the molecule is COCO/C=C1\C=CC(=O)O1. The number of hydrogen-bond acceptors (Lipinski definition) is 4. The summed E-state index contributed by atoms with van der Waals surface area (Å²) in [6.07, 6.45) is 4.17. The number of esters is 1. The Kier molecular flexibility index (Phi) is 2.68. The number of hydrogen-bond donors (Lipinski definition) is 0. The fraction of sp³-hybridized carbons (Fsp3) is 0.286. The summed E-state index contributed by atoms with van der Waals surface area (Å²) >= 11 is 0. The first kappa shape index (κ1) is 7.81. The van der Waals surface area contributed by atoms with Crippen LogP contribution < -0.4 is 0 Å². The van der Waals surface area contributed by atoms with Crippen molar-refractivity contribution in [1.29, 1.82) is 0 Å². The molecule has 0 spiro atoms. The topological polar surface area (TPSA) is 44.8 Å². The second kappa shape index (κ2) is 3.78. The largest absolute Gasteiger partial charge is 0.471 e. The molecule has 0 saturated carbocycles. The lowest BCUT2D eigenvalue weighted by Gasteiger charge is -1.98. The molecule has 0 radical (unpaired) electrons. The van der Waals surface area contributed by atoms with Crippen LogP contribution in [-0.2, 0) is 19.0 Å². The van der Waals surface area contributed by atoms with E-state index in [-0.39, 0.29) is 12.8 Å². The summed E-state index contributed by atoms with van der Waals surface area (Å²) in [6, 6.07) is 0. The number of rotatable bonds is 3. The van der Waals surface area contributed by atoms with Crippen LogP contribution in [0.25, 0.3) is 0 Å². The van der Waals surface area contributed by atoms with E-state index >= 15 is 0 Å². The molecule has 1 aliphatic rings. The average molecular weight is 156 g/mol. The molecule has 0 fully saturated rings. The molecule has 0 aromatic heterocycles. The van der Waals surface area contributed by atoms with Crippen LogP contribution in [0.5, 0.6) is 0 Å². The Hall–Kier alpha value is -1.29. The van der Waals surface area contributed by atoms with Gasteiger partial charge in [0, 0.05) is 13.2 Å². The third-order valence-electron chi connectivity index (χ3n) is 0.988. The second-order valence-corrected chi connectivity index (χ2v) is 1.85. The summed E-state index contributed by atoms with van der Waals surface area (Å²) in [4.78, 5) is 10.4. The van der Waals surface area contributed by atoms with Gasteiger partial charge in [0.15, 0.2) is 12.6 Å². The summed E-state index contributed by atoms with van der Waals surface area (Å²) in [6.45, 7) is 0.148. The molecule has 60 valence electrons. The molecular formula is C7H8O4. The molecule has 0 aromatic rings. The molecule has 0 amide bonds. The smallest absolute Gasteiger partial charge is 0.336 e. The zero-order valence-electron chi connectivity index (χ0n) is 6.07.